The molecule has 1 aliphatic rings. The summed E-state index contributed by atoms with van der Waals surface area (Å²) in [6.07, 6.45) is 0.737. The number of nitrogens with zero attached hydrogens (tertiary/aromatic N) is 5. The van der Waals surface area contributed by atoms with Gasteiger partial charge >= 0.3 is 6.18 Å². The molecule has 0 spiro atoms. The molecule has 1 aliphatic heterocycles. The van der Waals surface area contributed by atoms with E-state index in [4.69, 9.17) is 4.74 Å². The van der Waals surface area contributed by atoms with Crippen LogP contribution in [0.4, 0.5) is 18.9 Å². The van der Waals surface area contributed by atoms with E-state index in [1.54, 1.807) is 41.2 Å². The molecule has 1 saturated heterocycles. The fraction of sp³-hybridized carbons (Fsp3) is 0.250. The zero-order valence-corrected chi connectivity index (χ0v) is 18.4. The average molecular weight is 482 g/mol. The van der Waals surface area contributed by atoms with Crippen LogP contribution in [0.15, 0.2) is 67.0 Å². The number of benzene rings is 2. The number of carbonyl (C=O) groups is 1. The Morgan fingerprint density at radius 2 is 1.97 bits per heavy atom. The first-order chi connectivity index (χ1) is 16.9. The van der Waals surface area contributed by atoms with Gasteiger partial charge in [0, 0.05) is 18.4 Å². The van der Waals surface area contributed by atoms with Crippen molar-refractivity contribution >= 4 is 11.6 Å². The Balaban J connectivity index is 1.43. The van der Waals surface area contributed by atoms with Gasteiger partial charge in [-0.3, -0.25) is 9.48 Å². The third kappa shape index (κ3) is 5.09. The van der Waals surface area contributed by atoms with Crippen LogP contribution < -0.4 is 5.32 Å². The maximum absolute atomic E-state index is 13.3. The van der Waals surface area contributed by atoms with Crippen molar-refractivity contribution in [1.82, 2.24) is 24.5 Å². The van der Waals surface area contributed by atoms with Crippen LogP contribution in [-0.4, -0.2) is 43.2 Å². The zero-order valence-electron chi connectivity index (χ0n) is 18.4. The van der Waals surface area contributed by atoms with E-state index in [2.05, 4.69) is 20.5 Å². The molecule has 2 aromatic carbocycles. The van der Waals surface area contributed by atoms with Gasteiger partial charge < -0.3 is 10.1 Å². The number of nitrogens with one attached hydrogen (secondary N) is 1. The molecule has 3 heterocycles. The largest absolute Gasteiger partial charge is 0.416 e. The lowest BCUT2D eigenvalue weighted by atomic mass is 10.2. The van der Waals surface area contributed by atoms with Gasteiger partial charge in [-0.1, -0.05) is 36.4 Å². The van der Waals surface area contributed by atoms with E-state index in [-0.39, 0.29) is 23.4 Å². The number of amides is 1. The quantitative estimate of drug-likeness (QED) is 0.435. The van der Waals surface area contributed by atoms with Gasteiger partial charge in [0.25, 0.3) is 5.91 Å². The Hall–Kier alpha value is -3.99. The second-order valence-corrected chi connectivity index (χ2v) is 8.13. The van der Waals surface area contributed by atoms with E-state index in [1.807, 2.05) is 0 Å². The number of carbonyl (C=O) groups excluding carboxylic acids is 1. The van der Waals surface area contributed by atoms with E-state index in [9.17, 15) is 18.0 Å². The standard InChI is InChI=1S/C24H21F3N6O2/c25-24(26,27)17-8-4-9-19(12-17)33-22(16-6-2-1-3-7-16)30-21(31-33)23(34)29-18-13-28-32(14-18)15-20-10-5-11-35-20/h1-4,6-9,12-14,20H,5,10-11,15H2,(H,29,34). The Bertz CT molecular complexity index is 1330. The van der Waals surface area contributed by atoms with Crippen molar-refractivity contribution in [3.8, 4) is 17.1 Å². The molecule has 0 aliphatic carbocycles. The number of aromatic nitrogens is 5. The highest BCUT2D eigenvalue weighted by molar-refractivity contribution is 6.01. The second kappa shape index (κ2) is 9.34. The molecule has 180 valence electrons. The summed E-state index contributed by atoms with van der Waals surface area (Å²) in [5, 5.41) is 11.2. The highest BCUT2D eigenvalue weighted by Crippen LogP contribution is 2.31. The van der Waals surface area contributed by atoms with Crippen molar-refractivity contribution in [3.05, 3.63) is 78.4 Å². The van der Waals surface area contributed by atoms with Crippen LogP contribution in [0.1, 0.15) is 29.0 Å². The smallest absolute Gasteiger partial charge is 0.376 e. The van der Waals surface area contributed by atoms with Crippen LogP contribution in [0.3, 0.4) is 0 Å². The Morgan fingerprint density at radius 1 is 1.14 bits per heavy atom. The molecule has 1 atom stereocenters. The monoisotopic (exact) mass is 482 g/mol. The van der Waals surface area contributed by atoms with Crippen LogP contribution in [0.25, 0.3) is 17.1 Å². The minimum atomic E-state index is -4.52. The Labute approximate surface area is 198 Å². The van der Waals surface area contributed by atoms with Gasteiger partial charge in [-0.05, 0) is 31.0 Å². The van der Waals surface area contributed by atoms with Crippen molar-refractivity contribution in [1.29, 1.82) is 0 Å². The number of anilines is 1. The van der Waals surface area contributed by atoms with Crippen molar-refractivity contribution in [2.75, 3.05) is 11.9 Å². The molecule has 1 unspecified atom stereocenters. The van der Waals surface area contributed by atoms with Crippen LogP contribution in [0.2, 0.25) is 0 Å². The van der Waals surface area contributed by atoms with E-state index in [0.717, 1.165) is 31.6 Å². The van der Waals surface area contributed by atoms with Gasteiger partial charge in [-0.25, -0.2) is 9.67 Å². The molecule has 1 N–H and O–H groups in total. The lowest BCUT2D eigenvalue weighted by molar-refractivity contribution is -0.137. The fourth-order valence-electron chi connectivity index (χ4n) is 3.89. The van der Waals surface area contributed by atoms with Crippen molar-refractivity contribution in [3.63, 3.8) is 0 Å². The summed E-state index contributed by atoms with van der Waals surface area (Å²) in [6.45, 7) is 1.32. The molecule has 2 aromatic heterocycles. The molecule has 8 nitrogen and oxygen atoms in total. The molecule has 5 rings (SSSR count). The van der Waals surface area contributed by atoms with Gasteiger partial charge in [-0.2, -0.15) is 18.3 Å². The summed E-state index contributed by atoms with van der Waals surface area (Å²) < 4.78 is 48.4. The molecular formula is C24H21F3N6O2. The fourth-order valence-corrected chi connectivity index (χ4v) is 3.89. The lowest BCUT2D eigenvalue weighted by Gasteiger charge is -2.10. The number of ether oxygens (including phenoxy) is 1. The summed E-state index contributed by atoms with van der Waals surface area (Å²) in [6, 6.07) is 13.5. The second-order valence-electron chi connectivity index (χ2n) is 8.13. The molecule has 4 aromatic rings. The van der Waals surface area contributed by atoms with E-state index in [0.29, 0.717) is 17.8 Å². The number of hydrogen-bond acceptors (Lipinski definition) is 5. The number of halogens is 3. The Kier molecular flexibility index (Phi) is 6.08. The zero-order chi connectivity index (χ0) is 24.4. The molecule has 1 amide bonds. The molecule has 0 saturated carbocycles. The van der Waals surface area contributed by atoms with Gasteiger partial charge in [0.2, 0.25) is 5.82 Å². The summed E-state index contributed by atoms with van der Waals surface area (Å²) in [4.78, 5) is 17.3. The van der Waals surface area contributed by atoms with E-state index < -0.39 is 17.6 Å². The molecule has 35 heavy (non-hydrogen) atoms. The molecular weight excluding hydrogens is 461 g/mol. The summed E-state index contributed by atoms with van der Waals surface area (Å²) >= 11 is 0. The molecule has 1 fully saturated rings. The van der Waals surface area contributed by atoms with Crippen LogP contribution in [0, 0.1) is 0 Å². The first-order valence-corrected chi connectivity index (χ1v) is 11.0. The summed E-state index contributed by atoms with van der Waals surface area (Å²) in [7, 11) is 0. The van der Waals surface area contributed by atoms with Gasteiger partial charge in [0.05, 0.1) is 35.8 Å². The van der Waals surface area contributed by atoms with E-state index in [1.165, 1.54) is 23.0 Å². The highest BCUT2D eigenvalue weighted by Gasteiger charge is 2.31. The summed E-state index contributed by atoms with van der Waals surface area (Å²) in [5.74, 6) is -0.554. The average Bonchev–Trinajstić information content (AvgIpc) is 3.61. The lowest BCUT2D eigenvalue weighted by Crippen LogP contribution is -2.16. The highest BCUT2D eigenvalue weighted by atomic mass is 19.4. The van der Waals surface area contributed by atoms with Crippen molar-refractivity contribution < 1.29 is 22.7 Å². The topological polar surface area (TPSA) is 86.9 Å². The van der Waals surface area contributed by atoms with Crippen LogP contribution in [0.5, 0.6) is 0 Å². The molecule has 11 heteroatoms. The third-order valence-corrected chi connectivity index (χ3v) is 5.57. The first-order valence-electron chi connectivity index (χ1n) is 11.0. The third-order valence-electron chi connectivity index (χ3n) is 5.57. The maximum atomic E-state index is 13.3. The van der Waals surface area contributed by atoms with Gasteiger partial charge in [0.15, 0.2) is 5.82 Å². The Morgan fingerprint density at radius 3 is 2.71 bits per heavy atom. The predicted molar refractivity (Wildman–Crippen MR) is 121 cm³/mol. The number of hydrogen-bond donors (Lipinski definition) is 1. The van der Waals surface area contributed by atoms with Gasteiger partial charge in [0.1, 0.15) is 0 Å². The molecule has 0 bridgehead atoms. The van der Waals surface area contributed by atoms with Crippen molar-refractivity contribution in [2.45, 2.75) is 31.7 Å². The van der Waals surface area contributed by atoms with Crippen LogP contribution >= 0.6 is 0 Å². The first kappa shape index (κ1) is 22.8. The number of alkyl halides is 3. The molecule has 0 radical (unpaired) electrons. The minimum absolute atomic E-state index is 0.0942. The predicted octanol–water partition coefficient (Wildman–Crippen LogP) is 4.58. The van der Waals surface area contributed by atoms with Gasteiger partial charge in [-0.15, -0.1) is 5.10 Å². The SMILES string of the molecule is O=C(Nc1cnn(CC2CCCO2)c1)c1nc(-c2ccccc2)n(-c2cccc(C(F)(F)F)c2)n1. The minimum Gasteiger partial charge on any atom is -0.376 e. The maximum Gasteiger partial charge on any atom is 0.416 e. The van der Waals surface area contributed by atoms with E-state index >= 15 is 0 Å². The number of rotatable bonds is 6. The van der Waals surface area contributed by atoms with Crippen molar-refractivity contribution in [2.24, 2.45) is 0 Å². The van der Waals surface area contributed by atoms with Crippen LogP contribution in [-0.2, 0) is 17.5 Å². The summed E-state index contributed by atoms with van der Waals surface area (Å²) in [5.41, 5.74) is 0.356. The normalized spacial score (nSPS) is 15.9.